The summed E-state index contributed by atoms with van der Waals surface area (Å²) in [7, 11) is 0. The zero-order valence-electron chi connectivity index (χ0n) is 17.1. The number of carbonyl (C=O) groups excluding carboxylic acids is 1. The topological polar surface area (TPSA) is 111 Å². The summed E-state index contributed by atoms with van der Waals surface area (Å²) < 4.78 is 1.67. The van der Waals surface area contributed by atoms with Gasteiger partial charge in [-0.1, -0.05) is 47.1 Å². The second-order valence-corrected chi connectivity index (χ2v) is 9.49. The van der Waals surface area contributed by atoms with Gasteiger partial charge >= 0.3 is 5.97 Å². The maximum absolute atomic E-state index is 12.6. The average Bonchev–Trinajstić information content (AvgIpc) is 3.52. The Labute approximate surface area is 198 Å². The fourth-order valence-corrected chi connectivity index (χ4v) is 4.93. The van der Waals surface area contributed by atoms with E-state index in [9.17, 15) is 9.59 Å². The van der Waals surface area contributed by atoms with Crippen molar-refractivity contribution in [2.24, 2.45) is 0 Å². The minimum absolute atomic E-state index is 0.0732. The number of carboxylic acids is 1. The highest BCUT2D eigenvalue weighted by Crippen LogP contribution is 2.43. The van der Waals surface area contributed by atoms with Gasteiger partial charge in [0.25, 0.3) is 0 Å². The van der Waals surface area contributed by atoms with E-state index in [2.05, 4.69) is 16.3 Å². The molecular weight excluding hydrogens is 471 g/mol. The highest BCUT2D eigenvalue weighted by Gasteiger charge is 2.26. The second-order valence-electron chi connectivity index (χ2n) is 7.73. The third-order valence-electron chi connectivity index (χ3n) is 5.26. The molecule has 0 saturated heterocycles. The predicted octanol–water partition coefficient (Wildman–Crippen LogP) is 4.94. The van der Waals surface area contributed by atoms with Crippen LogP contribution in [0.3, 0.4) is 0 Å². The highest BCUT2D eigenvalue weighted by molar-refractivity contribution is 7.99. The monoisotopic (exact) mass is 490 g/mol. The number of aromatic carboxylic acids is 1. The van der Waals surface area contributed by atoms with Crippen LogP contribution in [0.4, 0.5) is 5.95 Å². The lowest BCUT2D eigenvalue weighted by Gasteiger charge is -2.14. The van der Waals surface area contributed by atoms with Gasteiger partial charge in [-0.05, 0) is 60.6 Å². The Morgan fingerprint density at radius 1 is 1.19 bits per heavy atom. The van der Waals surface area contributed by atoms with Crippen LogP contribution in [-0.4, -0.2) is 37.4 Å². The number of benzene rings is 2. The molecule has 166 valence electrons. The number of aromatic nitrogens is 3. The fraction of sp³-hybridized carbons (Fsp3) is 0.273. The van der Waals surface area contributed by atoms with Gasteiger partial charge in [0.1, 0.15) is 5.78 Å². The number of Topliss-reactive ketones (excluding diaryl/α,β-unsaturated/α-hetero) is 1. The minimum Gasteiger partial charge on any atom is -0.478 e. The van der Waals surface area contributed by atoms with Crippen LogP contribution in [0.5, 0.6) is 0 Å². The number of carboxylic acid groups (broad SMARTS) is 1. The second kappa shape index (κ2) is 9.13. The number of anilines is 1. The Kier molecular flexibility index (Phi) is 6.46. The van der Waals surface area contributed by atoms with Crippen molar-refractivity contribution in [1.29, 1.82) is 0 Å². The first-order valence-corrected chi connectivity index (χ1v) is 11.7. The lowest BCUT2D eigenvalue weighted by molar-refractivity contribution is -0.116. The zero-order chi connectivity index (χ0) is 23.0. The standard InChI is InChI=1S/C22H20Cl2N4O3S/c1-11-6-15(12-2-3-12)9-18(24)19(11)28-21(25)26-27-22(28)32-10-16(29)7-13-4-5-14(20(30)31)8-17(13)23/h4-6,8-9,12H,2-3,7,10H2,1H3,(H2,25,26)(H,30,31). The maximum Gasteiger partial charge on any atom is 0.335 e. The Balaban J connectivity index is 1.50. The molecule has 1 aliphatic rings. The molecule has 0 radical (unpaired) electrons. The number of rotatable bonds is 8. The third-order valence-corrected chi connectivity index (χ3v) is 6.89. The first kappa shape index (κ1) is 22.6. The van der Waals surface area contributed by atoms with Gasteiger partial charge in [0.15, 0.2) is 5.16 Å². The first-order chi connectivity index (χ1) is 15.2. The molecule has 0 atom stereocenters. The molecule has 2 aromatic carbocycles. The smallest absolute Gasteiger partial charge is 0.335 e. The molecule has 1 saturated carbocycles. The Hall–Kier alpha value is -2.55. The number of hydrogen-bond acceptors (Lipinski definition) is 6. The number of thioether (sulfide) groups is 1. The van der Waals surface area contributed by atoms with Crippen molar-refractivity contribution >= 4 is 52.7 Å². The van der Waals surface area contributed by atoms with E-state index in [0.29, 0.717) is 27.3 Å². The lowest BCUT2D eigenvalue weighted by Crippen LogP contribution is -2.09. The molecular formula is C22H20Cl2N4O3S. The summed E-state index contributed by atoms with van der Waals surface area (Å²) >= 11 is 13.9. The van der Waals surface area contributed by atoms with Gasteiger partial charge in [0.05, 0.1) is 22.0 Å². The van der Waals surface area contributed by atoms with Crippen molar-refractivity contribution in [3.8, 4) is 5.69 Å². The molecule has 3 aromatic rings. The number of nitrogen functional groups attached to an aromatic ring is 1. The van der Waals surface area contributed by atoms with E-state index in [1.165, 1.54) is 42.3 Å². The molecule has 0 aliphatic heterocycles. The SMILES string of the molecule is Cc1cc(C2CC2)cc(Cl)c1-n1c(N)nnc1SCC(=O)Cc1ccc(C(=O)O)cc1Cl. The number of carbonyl (C=O) groups is 2. The van der Waals surface area contributed by atoms with E-state index in [-0.39, 0.29) is 34.5 Å². The first-order valence-electron chi connectivity index (χ1n) is 9.92. The van der Waals surface area contributed by atoms with Crippen LogP contribution >= 0.6 is 35.0 Å². The van der Waals surface area contributed by atoms with E-state index >= 15 is 0 Å². The van der Waals surface area contributed by atoms with E-state index in [0.717, 1.165) is 5.56 Å². The molecule has 0 unspecified atom stereocenters. The number of nitrogens with two attached hydrogens (primary N) is 1. The molecule has 0 spiro atoms. The number of nitrogens with zero attached hydrogens (tertiary/aromatic N) is 3. The molecule has 4 rings (SSSR count). The summed E-state index contributed by atoms with van der Waals surface area (Å²) in [6.45, 7) is 1.97. The zero-order valence-corrected chi connectivity index (χ0v) is 19.5. The molecule has 1 aromatic heterocycles. The highest BCUT2D eigenvalue weighted by atomic mass is 35.5. The molecule has 0 amide bonds. The van der Waals surface area contributed by atoms with Gasteiger partial charge in [-0.2, -0.15) is 0 Å². The Morgan fingerprint density at radius 2 is 1.94 bits per heavy atom. The molecule has 0 bridgehead atoms. The number of ketones is 1. The van der Waals surface area contributed by atoms with Gasteiger partial charge < -0.3 is 10.8 Å². The fourth-order valence-electron chi connectivity index (χ4n) is 3.52. The van der Waals surface area contributed by atoms with Crippen LogP contribution in [0.25, 0.3) is 5.69 Å². The normalized spacial score (nSPS) is 13.3. The van der Waals surface area contributed by atoms with E-state index in [1.807, 2.05) is 13.0 Å². The molecule has 1 fully saturated rings. The van der Waals surface area contributed by atoms with Crippen molar-refractivity contribution in [3.63, 3.8) is 0 Å². The summed E-state index contributed by atoms with van der Waals surface area (Å²) in [5, 5.41) is 18.4. The number of hydrogen-bond donors (Lipinski definition) is 2. The van der Waals surface area contributed by atoms with Crippen molar-refractivity contribution < 1.29 is 14.7 Å². The molecule has 7 nitrogen and oxygen atoms in total. The van der Waals surface area contributed by atoms with Gasteiger partial charge in [0, 0.05) is 11.4 Å². The minimum atomic E-state index is -1.07. The average molecular weight is 491 g/mol. The molecule has 1 aliphatic carbocycles. The van der Waals surface area contributed by atoms with Crippen molar-refractivity contribution in [2.45, 2.75) is 37.3 Å². The van der Waals surface area contributed by atoms with Gasteiger partial charge in [0.2, 0.25) is 5.95 Å². The third kappa shape index (κ3) is 4.77. The molecule has 32 heavy (non-hydrogen) atoms. The van der Waals surface area contributed by atoms with Crippen LogP contribution in [0, 0.1) is 6.92 Å². The summed E-state index contributed by atoms with van der Waals surface area (Å²) in [6, 6.07) is 8.40. The largest absolute Gasteiger partial charge is 0.478 e. The number of aryl methyl sites for hydroxylation is 1. The predicted molar refractivity (Wildman–Crippen MR) is 125 cm³/mol. The molecule has 3 N–H and O–H groups in total. The van der Waals surface area contributed by atoms with E-state index in [4.69, 9.17) is 34.0 Å². The molecule has 10 heteroatoms. The summed E-state index contributed by atoms with van der Waals surface area (Å²) in [5.41, 5.74) is 9.61. The van der Waals surface area contributed by atoms with Crippen molar-refractivity contribution in [2.75, 3.05) is 11.5 Å². The summed E-state index contributed by atoms with van der Waals surface area (Å²) in [6.07, 6.45) is 2.43. The quantitative estimate of drug-likeness (QED) is 0.429. The Morgan fingerprint density at radius 3 is 2.56 bits per heavy atom. The van der Waals surface area contributed by atoms with Crippen LogP contribution < -0.4 is 5.73 Å². The van der Waals surface area contributed by atoms with E-state index in [1.54, 1.807) is 10.6 Å². The van der Waals surface area contributed by atoms with Gasteiger partial charge in [-0.3, -0.25) is 9.36 Å². The molecule has 1 heterocycles. The number of halogens is 2. The Bertz CT molecular complexity index is 1200. The van der Waals surface area contributed by atoms with Gasteiger partial charge in [-0.15, -0.1) is 10.2 Å². The van der Waals surface area contributed by atoms with Crippen LogP contribution in [0.1, 0.15) is 45.8 Å². The maximum atomic E-state index is 12.6. The van der Waals surface area contributed by atoms with E-state index < -0.39 is 5.97 Å². The van der Waals surface area contributed by atoms with Gasteiger partial charge in [-0.25, -0.2) is 4.79 Å². The lowest BCUT2D eigenvalue weighted by atomic mass is 10.1. The van der Waals surface area contributed by atoms with Crippen LogP contribution in [-0.2, 0) is 11.2 Å². The van der Waals surface area contributed by atoms with Crippen molar-refractivity contribution in [1.82, 2.24) is 14.8 Å². The van der Waals surface area contributed by atoms with Crippen LogP contribution in [0.15, 0.2) is 35.5 Å². The van der Waals surface area contributed by atoms with Crippen LogP contribution in [0.2, 0.25) is 10.0 Å². The summed E-state index contributed by atoms with van der Waals surface area (Å²) in [4.78, 5) is 23.6. The summed E-state index contributed by atoms with van der Waals surface area (Å²) in [5.74, 6) is -0.291. The van der Waals surface area contributed by atoms with Crippen molar-refractivity contribution in [3.05, 3.63) is 62.6 Å².